The molecule has 8 heteroatoms. The summed E-state index contributed by atoms with van der Waals surface area (Å²) in [6.07, 6.45) is 16.0. The van der Waals surface area contributed by atoms with Gasteiger partial charge in [0, 0.05) is 19.3 Å². The minimum atomic E-state index is -0.660. The van der Waals surface area contributed by atoms with Gasteiger partial charge >= 0.3 is 5.97 Å². The summed E-state index contributed by atoms with van der Waals surface area (Å²) in [4.78, 5) is 37.9. The van der Waals surface area contributed by atoms with Crippen LogP contribution in [0, 0.1) is 16.7 Å². The number of fused-ring (bicyclic) bond motifs is 4. The van der Waals surface area contributed by atoms with Crippen LogP contribution in [-0.2, 0) is 4.79 Å². The van der Waals surface area contributed by atoms with Gasteiger partial charge in [-0.3, -0.25) is 14.6 Å². The fourth-order valence-electron chi connectivity index (χ4n) is 6.14. The van der Waals surface area contributed by atoms with Crippen LogP contribution in [-0.4, -0.2) is 45.0 Å². The number of rotatable bonds is 7. The number of hydrogen-bond acceptors (Lipinski definition) is 6. The maximum atomic E-state index is 13.1. The molecule has 0 aromatic carbocycles. The van der Waals surface area contributed by atoms with E-state index in [2.05, 4.69) is 25.6 Å². The van der Waals surface area contributed by atoms with Crippen molar-refractivity contribution in [3.63, 3.8) is 0 Å². The van der Waals surface area contributed by atoms with Crippen molar-refractivity contribution in [1.82, 2.24) is 20.3 Å². The highest BCUT2D eigenvalue weighted by Crippen LogP contribution is 2.56. The summed E-state index contributed by atoms with van der Waals surface area (Å²) in [6, 6.07) is 0. The van der Waals surface area contributed by atoms with Gasteiger partial charge in [0.05, 0.1) is 22.7 Å². The Morgan fingerprint density at radius 2 is 1.73 bits per heavy atom. The van der Waals surface area contributed by atoms with E-state index in [0.717, 1.165) is 37.0 Å². The van der Waals surface area contributed by atoms with Crippen LogP contribution in [0.25, 0.3) is 10.9 Å². The van der Waals surface area contributed by atoms with Crippen LogP contribution >= 0.6 is 0 Å². The zero-order valence-electron chi connectivity index (χ0n) is 19.1. The quantitative estimate of drug-likeness (QED) is 0.578. The number of hydrogen-bond donors (Lipinski definition) is 3. The lowest BCUT2D eigenvalue weighted by molar-refractivity contribution is -0.158. The standard InChI is InChI=1S/C25H33N5O3/c31-22(28-15-24-6-9-25(10-7-24,11-8-24)23(32)33)21-18-13-26-14-19(20(18)29-16-30-21)27-12-17-4-2-1-3-5-17/h13-14,16-17,27H,1-12,15H2,(H,28,31)(H,32,33). The SMILES string of the molecule is O=C(NCC12CCC(C(=O)O)(CC1)CC2)c1ncnc2c(NCC3CCCCC3)cncc12. The predicted molar refractivity (Wildman–Crippen MR) is 125 cm³/mol. The van der Waals surface area contributed by atoms with Crippen molar-refractivity contribution in [3.8, 4) is 0 Å². The number of nitrogens with one attached hydrogen (secondary N) is 2. The first kappa shape index (κ1) is 22.0. The van der Waals surface area contributed by atoms with Gasteiger partial charge in [-0.25, -0.2) is 9.97 Å². The normalized spacial score (nSPS) is 27.4. The summed E-state index contributed by atoms with van der Waals surface area (Å²) >= 11 is 0. The highest BCUT2D eigenvalue weighted by atomic mass is 16.4. The zero-order chi connectivity index (χ0) is 22.9. The van der Waals surface area contributed by atoms with Crippen LogP contribution in [0.3, 0.4) is 0 Å². The zero-order valence-corrected chi connectivity index (χ0v) is 19.1. The molecule has 4 aliphatic carbocycles. The molecule has 176 valence electrons. The molecular formula is C25H33N5O3. The number of carboxylic acids is 1. The molecule has 0 spiro atoms. The molecule has 0 saturated heterocycles. The van der Waals surface area contributed by atoms with Gasteiger partial charge in [-0.15, -0.1) is 0 Å². The molecule has 0 atom stereocenters. The molecule has 6 rings (SSSR count). The number of pyridine rings is 1. The summed E-state index contributed by atoms with van der Waals surface area (Å²) in [5.41, 5.74) is 1.37. The van der Waals surface area contributed by atoms with E-state index in [4.69, 9.17) is 0 Å². The molecule has 1 amide bonds. The lowest BCUT2D eigenvalue weighted by atomic mass is 9.53. The van der Waals surface area contributed by atoms with Crippen LogP contribution in [0.15, 0.2) is 18.7 Å². The third-order valence-corrected chi connectivity index (χ3v) is 8.55. The molecule has 0 aliphatic heterocycles. The summed E-state index contributed by atoms with van der Waals surface area (Å²) < 4.78 is 0. The Morgan fingerprint density at radius 1 is 1.00 bits per heavy atom. The van der Waals surface area contributed by atoms with E-state index in [1.54, 1.807) is 12.4 Å². The fourth-order valence-corrected chi connectivity index (χ4v) is 6.14. The van der Waals surface area contributed by atoms with Gasteiger partial charge in [-0.1, -0.05) is 19.3 Å². The number of carbonyl (C=O) groups is 2. The molecular weight excluding hydrogens is 418 g/mol. The van der Waals surface area contributed by atoms with E-state index in [1.165, 1.54) is 38.4 Å². The van der Waals surface area contributed by atoms with Crippen LogP contribution in [0.4, 0.5) is 5.69 Å². The molecule has 4 aliphatic rings. The van der Waals surface area contributed by atoms with Gasteiger partial charge in [-0.05, 0) is 62.7 Å². The minimum absolute atomic E-state index is 0.000651. The average molecular weight is 452 g/mol. The molecule has 33 heavy (non-hydrogen) atoms. The molecule has 4 saturated carbocycles. The molecule has 0 unspecified atom stereocenters. The van der Waals surface area contributed by atoms with Gasteiger partial charge in [0.2, 0.25) is 0 Å². The highest BCUT2D eigenvalue weighted by Gasteiger charge is 2.52. The Balaban J connectivity index is 1.27. The van der Waals surface area contributed by atoms with E-state index < -0.39 is 11.4 Å². The van der Waals surface area contributed by atoms with Crippen molar-refractivity contribution in [1.29, 1.82) is 0 Å². The van der Waals surface area contributed by atoms with Crippen molar-refractivity contribution in [2.45, 2.75) is 70.6 Å². The Morgan fingerprint density at radius 3 is 2.42 bits per heavy atom. The van der Waals surface area contributed by atoms with Crippen molar-refractivity contribution in [2.75, 3.05) is 18.4 Å². The topological polar surface area (TPSA) is 117 Å². The van der Waals surface area contributed by atoms with Gasteiger partial charge in [0.25, 0.3) is 5.91 Å². The third kappa shape index (κ3) is 4.27. The van der Waals surface area contributed by atoms with Crippen LogP contribution in [0.1, 0.15) is 81.1 Å². The molecule has 4 fully saturated rings. The number of carboxylic acid groups (broad SMARTS) is 1. The monoisotopic (exact) mass is 451 g/mol. The molecule has 2 aromatic rings. The predicted octanol–water partition coefficient (Wildman–Crippen LogP) is 4.17. The van der Waals surface area contributed by atoms with Crippen molar-refractivity contribution in [3.05, 3.63) is 24.4 Å². The maximum absolute atomic E-state index is 13.1. The Kier molecular flexibility index (Phi) is 5.93. The van der Waals surface area contributed by atoms with E-state index in [1.807, 2.05) is 0 Å². The van der Waals surface area contributed by atoms with Gasteiger partial charge in [0.1, 0.15) is 17.5 Å². The first-order chi connectivity index (χ1) is 16.0. The lowest BCUT2D eigenvalue weighted by Gasteiger charge is -2.51. The van der Waals surface area contributed by atoms with Gasteiger partial charge in [-0.2, -0.15) is 0 Å². The fraction of sp³-hybridized carbons (Fsp3) is 0.640. The van der Waals surface area contributed by atoms with Crippen molar-refractivity contribution < 1.29 is 14.7 Å². The number of anilines is 1. The van der Waals surface area contributed by atoms with Crippen molar-refractivity contribution in [2.24, 2.45) is 16.7 Å². The second kappa shape index (κ2) is 8.88. The molecule has 2 bridgehead atoms. The Bertz CT molecular complexity index is 1020. The smallest absolute Gasteiger partial charge is 0.309 e. The summed E-state index contributed by atoms with van der Waals surface area (Å²) in [6.45, 7) is 1.45. The summed E-state index contributed by atoms with van der Waals surface area (Å²) in [5.74, 6) is -0.208. The number of carbonyl (C=O) groups excluding carboxylic acids is 1. The van der Waals surface area contributed by atoms with E-state index >= 15 is 0 Å². The Labute approximate surface area is 194 Å². The molecule has 2 heterocycles. The first-order valence-electron chi connectivity index (χ1n) is 12.3. The number of nitrogens with zero attached hydrogens (tertiary/aromatic N) is 3. The van der Waals surface area contributed by atoms with Crippen molar-refractivity contribution >= 4 is 28.5 Å². The average Bonchev–Trinajstić information content (AvgIpc) is 2.87. The summed E-state index contributed by atoms with van der Waals surface area (Å²) in [7, 11) is 0. The Hall–Kier alpha value is -2.77. The second-order valence-electron chi connectivity index (χ2n) is 10.5. The molecule has 3 N–H and O–H groups in total. The largest absolute Gasteiger partial charge is 0.481 e. The van der Waals surface area contributed by atoms with Crippen LogP contribution in [0.5, 0.6) is 0 Å². The number of aromatic nitrogens is 3. The second-order valence-corrected chi connectivity index (χ2v) is 10.5. The van der Waals surface area contributed by atoms with Gasteiger partial charge < -0.3 is 15.7 Å². The van der Waals surface area contributed by atoms with Crippen LogP contribution < -0.4 is 10.6 Å². The third-order valence-electron chi connectivity index (χ3n) is 8.55. The van der Waals surface area contributed by atoms with E-state index in [-0.39, 0.29) is 11.3 Å². The van der Waals surface area contributed by atoms with Crippen LogP contribution in [0.2, 0.25) is 0 Å². The first-order valence-corrected chi connectivity index (χ1v) is 12.3. The number of aliphatic carboxylic acids is 1. The highest BCUT2D eigenvalue weighted by molar-refractivity contribution is 6.06. The lowest BCUT2D eigenvalue weighted by Crippen LogP contribution is -2.50. The van der Waals surface area contributed by atoms with E-state index in [9.17, 15) is 14.7 Å². The minimum Gasteiger partial charge on any atom is -0.481 e. The maximum Gasteiger partial charge on any atom is 0.309 e. The summed E-state index contributed by atoms with van der Waals surface area (Å²) in [5, 5.41) is 16.9. The molecule has 2 aromatic heterocycles. The molecule has 0 radical (unpaired) electrons. The van der Waals surface area contributed by atoms with Gasteiger partial charge in [0.15, 0.2) is 0 Å². The van der Waals surface area contributed by atoms with E-state index in [0.29, 0.717) is 42.8 Å². The molecule has 8 nitrogen and oxygen atoms in total. The number of amides is 1.